The lowest BCUT2D eigenvalue weighted by molar-refractivity contribution is 0.0215. The molecule has 0 saturated carbocycles. The number of nitrogens with zero attached hydrogens (tertiary/aromatic N) is 3. The predicted octanol–water partition coefficient (Wildman–Crippen LogP) is 2.29. The Morgan fingerprint density at radius 1 is 1.50 bits per heavy atom. The van der Waals surface area contributed by atoms with Crippen LogP contribution in [0.4, 0.5) is 11.6 Å². The third-order valence-corrected chi connectivity index (χ3v) is 3.85. The molecule has 0 aromatic carbocycles. The van der Waals surface area contributed by atoms with Gasteiger partial charge >= 0.3 is 0 Å². The largest absolute Gasteiger partial charge is 0.376 e. The number of halogens is 1. The van der Waals surface area contributed by atoms with Gasteiger partial charge in [0.05, 0.1) is 6.10 Å². The van der Waals surface area contributed by atoms with Crippen LogP contribution in [0.5, 0.6) is 0 Å². The van der Waals surface area contributed by atoms with Crippen LogP contribution in [0, 0.1) is 0 Å². The maximum atomic E-state index is 5.75. The quantitative estimate of drug-likeness (QED) is 0.924. The van der Waals surface area contributed by atoms with Crippen LogP contribution >= 0.6 is 15.9 Å². The fourth-order valence-electron chi connectivity index (χ4n) is 2.14. The first-order valence-electron chi connectivity index (χ1n) is 6.23. The van der Waals surface area contributed by atoms with Crippen molar-refractivity contribution in [2.24, 2.45) is 0 Å². The maximum Gasteiger partial charge on any atom is 0.148 e. The fraction of sp³-hybridized carbons (Fsp3) is 0.667. The van der Waals surface area contributed by atoms with Gasteiger partial charge in [-0.3, -0.25) is 0 Å². The van der Waals surface area contributed by atoms with Gasteiger partial charge in [-0.2, -0.15) is 0 Å². The van der Waals surface area contributed by atoms with Crippen LogP contribution in [-0.2, 0) is 4.74 Å². The zero-order chi connectivity index (χ0) is 13.0. The summed E-state index contributed by atoms with van der Waals surface area (Å²) < 4.78 is 6.64. The second-order valence-electron chi connectivity index (χ2n) is 4.48. The summed E-state index contributed by atoms with van der Waals surface area (Å²) in [5.74, 6) is 1.69. The van der Waals surface area contributed by atoms with E-state index in [1.165, 1.54) is 12.8 Å². The van der Waals surface area contributed by atoms with Crippen LogP contribution in [-0.4, -0.2) is 43.3 Å². The van der Waals surface area contributed by atoms with Gasteiger partial charge in [0.1, 0.15) is 22.4 Å². The molecule has 0 amide bonds. The highest BCUT2D eigenvalue weighted by Gasteiger charge is 2.19. The number of hydrogen-bond donors (Lipinski definition) is 1. The van der Waals surface area contributed by atoms with Gasteiger partial charge in [-0.1, -0.05) is 0 Å². The van der Waals surface area contributed by atoms with E-state index in [0.29, 0.717) is 6.10 Å². The van der Waals surface area contributed by atoms with Gasteiger partial charge < -0.3 is 15.0 Å². The molecule has 1 unspecified atom stereocenters. The molecule has 0 bridgehead atoms. The summed E-state index contributed by atoms with van der Waals surface area (Å²) in [6.07, 6.45) is 5.45. The summed E-state index contributed by atoms with van der Waals surface area (Å²) in [7, 11) is 3.88. The average molecular weight is 315 g/mol. The number of hydrogen-bond acceptors (Lipinski definition) is 5. The Labute approximate surface area is 116 Å². The Balaban J connectivity index is 2.05. The smallest absolute Gasteiger partial charge is 0.148 e. The minimum Gasteiger partial charge on any atom is -0.376 e. The number of nitrogens with one attached hydrogen (secondary N) is 1. The topological polar surface area (TPSA) is 50.3 Å². The first-order valence-corrected chi connectivity index (χ1v) is 7.02. The molecule has 2 heterocycles. The van der Waals surface area contributed by atoms with Gasteiger partial charge in [0, 0.05) is 27.2 Å². The van der Waals surface area contributed by atoms with Crippen molar-refractivity contribution in [3.63, 3.8) is 0 Å². The number of rotatable bonds is 4. The normalized spacial score (nSPS) is 19.6. The van der Waals surface area contributed by atoms with E-state index in [1.807, 2.05) is 14.1 Å². The van der Waals surface area contributed by atoms with Crippen LogP contribution < -0.4 is 10.2 Å². The lowest BCUT2D eigenvalue weighted by Gasteiger charge is -2.28. The van der Waals surface area contributed by atoms with E-state index < -0.39 is 0 Å². The number of anilines is 2. The standard InChI is InChI=1S/C12H19BrN4O/c1-14-11-10(13)12(16-8-15-11)17(2)7-9-5-3-4-6-18-9/h8-9H,3-7H2,1-2H3,(H,14,15,16). The zero-order valence-electron chi connectivity index (χ0n) is 10.8. The van der Waals surface area contributed by atoms with E-state index in [0.717, 1.165) is 35.7 Å². The molecule has 1 saturated heterocycles. The second-order valence-corrected chi connectivity index (χ2v) is 5.27. The van der Waals surface area contributed by atoms with Crippen molar-refractivity contribution in [1.82, 2.24) is 9.97 Å². The summed E-state index contributed by atoms with van der Waals surface area (Å²) in [5.41, 5.74) is 0. The molecule has 1 aliphatic rings. The first-order chi connectivity index (χ1) is 8.72. The summed E-state index contributed by atoms with van der Waals surface area (Å²) in [5, 5.41) is 3.04. The van der Waals surface area contributed by atoms with Crippen molar-refractivity contribution in [3.8, 4) is 0 Å². The van der Waals surface area contributed by atoms with Gasteiger partial charge in [0.15, 0.2) is 0 Å². The van der Waals surface area contributed by atoms with Crippen LogP contribution in [0.15, 0.2) is 10.8 Å². The van der Waals surface area contributed by atoms with E-state index in [-0.39, 0.29) is 0 Å². The molecule has 0 radical (unpaired) electrons. The van der Waals surface area contributed by atoms with Crippen LogP contribution in [0.3, 0.4) is 0 Å². The van der Waals surface area contributed by atoms with Crippen molar-refractivity contribution < 1.29 is 4.74 Å². The van der Waals surface area contributed by atoms with Gasteiger partial charge in [0.2, 0.25) is 0 Å². The van der Waals surface area contributed by atoms with Crippen LogP contribution in [0.2, 0.25) is 0 Å². The molecule has 1 aliphatic heterocycles. The molecule has 1 aromatic rings. The SMILES string of the molecule is CNc1ncnc(N(C)CC2CCCCO2)c1Br. The average Bonchev–Trinajstić information content (AvgIpc) is 2.40. The Morgan fingerprint density at radius 2 is 2.33 bits per heavy atom. The summed E-state index contributed by atoms with van der Waals surface area (Å²) >= 11 is 3.54. The number of likely N-dealkylation sites (N-methyl/N-ethyl adjacent to an activating group) is 1. The van der Waals surface area contributed by atoms with E-state index in [4.69, 9.17) is 4.74 Å². The molecule has 0 aliphatic carbocycles. The molecule has 100 valence electrons. The highest BCUT2D eigenvalue weighted by atomic mass is 79.9. The van der Waals surface area contributed by atoms with E-state index in [9.17, 15) is 0 Å². The first kappa shape index (κ1) is 13.5. The lowest BCUT2D eigenvalue weighted by atomic mass is 10.1. The minimum atomic E-state index is 0.309. The van der Waals surface area contributed by atoms with Crippen molar-refractivity contribution in [3.05, 3.63) is 10.8 Å². The molecule has 6 heteroatoms. The van der Waals surface area contributed by atoms with Crippen molar-refractivity contribution in [2.75, 3.05) is 37.5 Å². The highest BCUT2D eigenvalue weighted by molar-refractivity contribution is 9.10. The summed E-state index contributed by atoms with van der Waals surface area (Å²) in [6.45, 7) is 1.74. The maximum absolute atomic E-state index is 5.75. The van der Waals surface area contributed by atoms with Crippen molar-refractivity contribution in [1.29, 1.82) is 0 Å². The Hall–Kier alpha value is -0.880. The van der Waals surface area contributed by atoms with Crippen molar-refractivity contribution >= 4 is 27.6 Å². The van der Waals surface area contributed by atoms with E-state index in [2.05, 4.69) is 36.1 Å². The van der Waals surface area contributed by atoms with Gasteiger partial charge in [0.25, 0.3) is 0 Å². The number of ether oxygens (including phenoxy) is 1. The lowest BCUT2D eigenvalue weighted by Crippen LogP contribution is -2.34. The van der Waals surface area contributed by atoms with Gasteiger partial charge in [-0.05, 0) is 35.2 Å². The summed E-state index contributed by atoms with van der Waals surface area (Å²) in [4.78, 5) is 10.6. The van der Waals surface area contributed by atoms with E-state index >= 15 is 0 Å². The third kappa shape index (κ3) is 3.11. The van der Waals surface area contributed by atoms with E-state index in [1.54, 1.807) is 6.33 Å². The molecule has 0 spiro atoms. The minimum absolute atomic E-state index is 0.309. The molecule has 1 N–H and O–H groups in total. The Kier molecular flexibility index (Phi) is 4.77. The molecule has 2 rings (SSSR count). The molecule has 5 nitrogen and oxygen atoms in total. The fourth-order valence-corrected chi connectivity index (χ4v) is 2.85. The molecule has 1 fully saturated rings. The molecule has 1 atom stereocenters. The third-order valence-electron chi connectivity index (χ3n) is 3.12. The highest BCUT2D eigenvalue weighted by Crippen LogP contribution is 2.29. The van der Waals surface area contributed by atoms with Gasteiger partial charge in [-0.15, -0.1) is 0 Å². The molecule has 1 aromatic heterocycles. The van der Waals surface area contributed by atoms with Crippen LogP contribution in [0.1, 0.15) is 19.3 Å². The van der Waals surface area contributed by atoms with Crippen LogP contribution in [0.25, 0.3) is 0 Å². The van der Waals surface area contributed by atoms with Gasteiger partial charge in [-0.25, -0.2) is 9.97 Å². The summed E-state index contributed by atoms with van der Waals surface area (Å²) in [6, 6.07) is 0. The molecule has 18 heavy (non-hydrogen) atoms. The van der Waals surface area contributed by atoms with Crippen molar-refractivity contribution in [2.45, 2.75) is 25.4 Å². The Bertz CT molecular complexity index is 396. The predicted molar refractivity (Wildman–Crippen MR) is 76.1 cm³/mol. The molecular weight excluding hydrogens is 296 g/mol. The Morgan fingerprint density at radius 3 is 3.00 bits per heavy atom. The molecular formula is C12H19BrN4O. The zero-order valence-corrected chi connectivity index (χ0v) is 12.4. The number of aromatic nitrogens is 2. The second kappa shape index (κ2) is 6.33. The monoisotopic (exact) mass is 314 g/mol.